The van der Waals surface area contributed by atoms with Gasteiger partial charge in [0, 0.05) is 12.2 Å². The SMILES string of the molecule is CCNS(=O)(=O)c1ccc(NC(=O)[C@H]2[C@H](C(=O)O)[C@H]3C=C[C@H]2C3)cc1. The molecule has 2 aliphatic rings. The molecule has 1 aromatic carbocycles. The molecular weight excluding hydrogens is 344 g/mol. The quantitative estimate of drug-likeness (QED) is 0.661. The third-order valence-corrected chi connectivity index (χ3v) is 6.38. The molecule has 134 valence electrons. The van der Waals surface area contributed by atoms with E-state index in [-0.39, 0.29) is 29.2 Å². The van der Waals surface area contributed by atoms with E-state index in [0.29, 0.717) is 12.1 Å². The van der Waals surface area contributed by atoms with Crippen molar-refractivity contribution in [3.8, 4) is 0 Å². The van der Waals surface area contributed by atoms with Crippen molar-refractivity contribution >= 4 is 27.6 Å². The second-order valence-electron chi connectivity index (χ2n) is 6.35. The van der Waals surface area contributed by atoms with Crippen LogP contribution in [0.2, 0.25) is 0 Å². The maximum atomic E-state index is 12.6. The summed E-state index contributed by atoms with van der Waals surface area (Å²) in [6.07, 6.45) is 4.49. The van der Waals surface area contributed by atoms with Crippen molar-refractivity contribution in [2.24, 2.45) is 23.7 Å². The van der Waals surface area contributed by atoms with Crippen LogP contribution in [0, 0.1) is 23.7 Å². The molecule has 0 spiro atoms. The Morgan fingerprint density at radius 3 is 2.28 bits per heavy atom. The Morgan fingerprint density at radius 1 is 1.12 bits per heavy atom. The summed E-state index contributed by atoms with van der Waals surface area (Å²) in [5.41, 5.74) is 0.441. The van der Waals surface area contributed by atoms with E-state index in [9.17, 15) is 23.1 Å². The lowest BCUT2D eigenvalue weighted by molar-refractivity contribution is -0.146. The zero-order chi connectivity index (χ0) is 18.2. The summed E-state index contributed by atoms with van der Waals surface area (Å²) < 4.78 is 26.2. The highest BCUT2D eigenvalue weighted by Crippen LogP contribution is 2.48. The molecule has 7 nitrogen and oxygen atoms in total. The first-order valence-corrected chi connectivity index (χ1v) is 9.63. The maximum Gasteiger partial charge on any atom is 0.307 e. The molecule has 0 aromatic heterocycles. The van der Waals surface area contributed by atoms with Crippen LogP contribution in [0.5, 0.6) is 0 Å². The van der Waals surface area contributed by atoms with Gasteiger partial charge < -0.3 is 10.4 Å². The molecule has 2 aliphatic carbocycles. The fraction of sp³-hybridized carbons (Fsp3) is 0.412. The summed E-state index contributed by atoms with van der Waals surface area (Å²) in [7, 11) is -3.55. The molecule has 1 saturated carbocycles. The van der Waals surface area contributed by atoms with E-state index in [1.165, 1.54) is 24.3 Å². The monoisotopic (exact) mass is 364 g/mol. The minimum absolute atomic E-state index is 0.0560. The number of carboxylic acid groups (broad SMARTS) is 1. The number of carboxylic acids is 1. The molecule has 0 aliphatic heterocycles. The number of anilines is 1. The van der Waals surface area contributed by atoms with Crippen molar-refractivity contribution < 1.29 is 23.1 Å². The molecule has 0 saturated heterocycles. The van der Waals surface area contributed by atoms with Gasteiger partial charge in [-0.3, -0.25) is 9.59 Å². The molecular formula is C17H20N2O5S. The zero-order valence-electron chi connectivity index (χ0n) is 13.7. The highest BCUT2D eigenvalue weighted by Gasteiger charge is 2.51. The van der Waals surface area contributed by atoms with Crippen molar-refractivity contribution in [2.45, 2.75) is 18.2 Å². The van der Waals surface area contributed by atoms with Gasteiger partial charge >= 0.3 is 5.97 Å². The first kappa shape index (κ1) is 17.6. The van der Waals surface area contributed by atoms with Gasteiger partial charge in [0.15, 0.2) is 0 Å². The van der Waals surface area contributed by atoms with E-state index in [2.05, 4.69) is 10.0 Å². The van der Waals surface area contributed by atoms with Gasteiger partial charge in [0.25, 0.3) is 0 Å². The van der Waals surface area contributed by atoms with E-state index in [4.69, 9.17) is 0 Å². The number of hydrogen-bond acceptors (Lipinski definition) is 4. The Bertz CT molecular complexity index is 816. The fourth-order valence-corrected chi connectivity index (χ4v) is 4.77. The van der Waals surface area contributed by atoms with Gasteiger partial charge in [-0.2, -0.15) is 0 Å². The summed E-state index contributed by atoms with van der Waals surface area (Å²) in [6.45, 7) is 1.98. The van der Waals surface area contributed by atoms with Gasteiger partial charge in [-0.15, -0.1) is 0 Å². The molecule has 0 radical (unpaired) electrons. The van der Waals surface area contributed by atoms with Crippen LogP contribution in [0.25, 0.3) is 0 Å². The highest BCUT2D eigenvalue weighted by molar-refractivity contribution is 7.89. The Morgan fingerprint density at radius 2 is 1.72 bits per heavy atom. The molecule has 0 heterocycles. The van der Waals surface area contributed by atoms with Crippen molar-refractivity contribution in [1.82, 2.24) is 4.72 Å². The number of nitrogens with one attached hydrogen (secondary N) is 2. The first-order chi connectivity index (χ1) is 11.8. The second-order valence-corrected chi connectivity index (χ2v) is 8.12. The molecule has 1 aromatic rings. The molecule has 1 fully saturated rings. The van der Waals surface area contributed by atoms with Crippen LogP contribution in [0.15, 0.2) is 41.3 Å². The van der Waals surface area contributed by atoms with Crippen LogP contribution in [-0.4, -0.2) is 31.9 Å². The average molecular weight is 364 g/mol. The van der Waals surface area contributed by atoms with Crippen LogP contribution in [0.3, 0.4) is 0 Å². The summed E-state index contributed by atoms with van der Waals surface area (Å²) in [4.78, 5) is 24.2. The lowest BCUT2D eigenvalue weighted by atomic mass is 9.82. The summed E-state index contributed by atoms with van der Waals surface area (Å²) in [5, 5.41) is 12.1. The predicted octanol–water partition coefficient (Wildman–Crippen LogP) is 1.45. The van der Waals surface area contributed by atoms with E-state index >= 15 is 0 Å². The van der Waals surface area contributed by atoms with Gasteiger partial charge in [0.1, 0.15) is 0 Å². The normalized spacial score (nSPS) is 27.4. The molecule has 3 N–H and O–H groups in total. The lowest BCUT2D eigenvalue weighted by Gasteiger charge is -2.23. The molecule has 0 unspecified atom stereocenters. The smallest absolute Gasteiger partial charge is 0.307 e. The molecule has 1 amide bonds. The number of amides is 1. The van der Waals surface area contributed by atoms with Crippen molar-refractivity contribution in [3.05, 3.63) is 36.4 Å². The van der Waals surface area contributed by atoms with Crippen molar-refractivity contribution in [2.75, 3.05) is 11.9 Å². The van der Waals surface area contributed by atoms with Crippen LogP contribution >= 0.6 is 0 Å². The van der Waals surface area contributed by atoms with E-state index in [1.807, 2.05) is 12.2 Å². The van der Waals surface area contributed by atoms with Gasteiger partial charge in [-0.1, -0.05) is 19.1 Å². The van der Waals surface area contributed by atoms with Gasteiger partial charge in [-0.05, 0) is 42.5 Å². The molecule has 2 bridgehead atoms. The van der Waals surface area contributed by atoms with E-state index < -0.39 is 27.8 Å². The average Bonchev–Trinajstić information content (AvgIpc) is 3.16. The van der Waals surface area contributed by atoms with Crippen LogP contribution in [0.1, 0.15) is 13.3 Å². The number of carbonyl (C=O) groups excluding carboxylic acids is 1. The number of hydrogen-bond donors (Lipinski definition) is 3. The zero-order valence-corrected chi connectivity index (χ0v) is 14.5. The van der Waals surface area contributed by atoms with Crippen LogP contribution < -0.4 is 10.0 Å². The minimum Gasteiger partial charge on any atom is -0.481 e. The third-order valence-electron chi connectivity index (χ3n) is 4.81. The fourth-order valence-electron chi connectivity index (χ4n) is 3.73. The summed E-state index contributed by atoms with van der Waals surface area (Å²) >= 11 is 0. The Labute approximate surface area is 146 Å². The first-order valence-electron chi connectivity index (χ1n) is 8.15. The molecule has 4 atom stereocenters. The van der Waals surface area contributed by atoms with Crippen LogP contribution in [-0.2, 0) is 19.6 Å². The van der Waals surface area contributed by atoms with E-state index in [1.54, 1.807) is 6.92 Å². The number of sulfonamides is 1. The van der Waals surface area contributed by atoms with Crippen molar-refractivity contribution in [3.63, 3.8) is 0 Å². The van der Waals surface area contributed by atoms with Gasteiger partial charge in [0.2, 0.25) is 15.9 Å². The Hall–Kier alpha value is -2.19. The number of rotatable bonds is 6. The van der Waals surface area contributed by atoms with Gasteiger partial charge in [-0.25, -0.2) is 13.1 Å². The van der Waals surface area contributed by atoms with Gasteiger partial charge in [0.05, 0.1) is 16.7 Å². The second kappa shape index (κ2) is 6.61. The number of benzene rings is 1. The number of carbonyl (C=O) groups is 2. The maximum absolute atomic E-state index is 12.6. The number of allylic oxidation sites excluding steroid dienone is 2. The minimum atomic E-state index is -3.55. The summed E-state index contributed by atoms with van der Waals surface area (Å²) in [6, 6.07) is 5.81. The van der Waals surface area contributed by atoms with Crippen molar-refractivity contribution in [1.29, 1.82) is 0 Å². The Kier molecular flexibility index (Phi) is 4.66. The number of aliphatic carboxylic acids is 1. The number of fused-ring (bicyclic) bond motifs is 2. The van der Waals surface area contributed by atoms with E-state index in [0.717, 1.165) is 0 Å². The lowest BCUT2D eigenvalue weighted by Crippen LogP contribution is -2.36. The molecule has 3 rings (SSSR count). The summed E-state index contributed by atoms with van der Waals surface area (Å²) in [5.74, 6) is -2.75. The topological polar surface area (TPSA) is 113 Å². The molecule has 8 heteroatoms. The highest BCUT2D eigenvalue weighted by atomic mass is 32.2. The Balaban J connectivity index is 1.73. The standard InChI is InChI=1S/C17H20N2O5S/c1-2-18-25(23,24)13-7-5-12(6-8-13)19-16(20)14-10-3-4-11(9-10)15(14)17(21)22/h3-8,10-11,14-15,18H,2,9H2,1H3,(H,19,20)(H,21,22)/t10-,11-,14+,15+/m0/s1. The predicted molar refractivity (Wildman–Crippen MR) is 91.3 cm³/mol. The third kappa shape index (κ3) is 3.32. The molecule has 25 heavy (non-hydrogen) atoms. The largest absolute Gasteiger partial charge is 0.481 e. The van der Waals surface area contributed by atoms with Crippen LogP contribution in [0.4, 0.5) is 5.69 Å².